The molecular formula is C14H16ClNO3. The minimum atomic E-state index is -0.560. The second kappa shape index (κ2) is 5.24. The lowest BCUT2D eigenvalue weighted by Crippen LogP contribution is -2.33. The van der Waals surface area contributed by atoms with Crippen LogP contribution in [-0.2, 0) is 10.3 Å². The molecule has 0 N–H and O–H groups in total. The molecule has 0 heterocycles. The topological polar surface area (TPSA) is 47.9 Å². The molecule has 0 saturated heterocycles. The van der Waals surface area contributed by atoms with E-state index in [2.05, 4.69) is 4.99 Å². The Morgan fingerprint density at radius 1 is 1.37 bits per heavy atom. The van der Waals surface area contributed by atoms with Crippen molar-refractivity contribution >= 4 is 17.7 Å². The van der Waals surface area contributed by atoms with Crippen LogP contribution in [0.2, 0.25) is 5.02 Å². The zero-order valence-electron chi connectivity index (χ0n) is 11.2. The predicted molar refractivity (Wildman–Crippen MR) is 72.9 cm³/mol. The summed E-state index contributed by atoms with van der Waals surface area (Å²) in [6.07, 6.45) is 4.29. The lowest BCUT2D eigenvalue weighted by atomic mass is 9.70. The third-order valence-electron chi connectivity index (χ3n) is 3.77. The van der Waals surface area contributed by atoms with Gasteiger partial charge in [0.1, 0.15) is 5.54 Å². The number of hydrogen-bond acceptors (Lipinski definition) is 4. The number of methoxy groups -OCH3 is 2. The first kappa shape index (κ1) is 13.9. The van der Waals surface area contributed by atoms with Gasteiger partial charge in [0.05, 0.1) is 14.2 Å². The summed E-state index contributed by atoms with van der Waals surface area (Å²) in [6, 6.07) is 1.72. The highest BCUT2D eigenvalue weighted by Crippen LogP contribution is 2.53. The standard InChI is InChI=1S/C14H16ClNO3/c1-9-10(15)7-11(18-2)13(19-3)12(9)14(16-8-17)5-4-6-14/h7H,4-6H2,1-3H3. The van der Waals surface area contributed by atoms with Crippen molar-refractivity contribution in [2.45, 2.75) is 31.7 Å². The molecule has 0 aliphatic heterocycles. The van der Waals surface area contributed by atoms with Crippen molar-refractivity contribution < 1.29 is 14.3 Å². The Morgan fingerprint density at radius 2 is 2.05 bits per heavy atom. The van der Waals surface area contributed by atoms with E-state index in [9.17, 15) is 4.79 Å². The van der Waals surface area contributed by atoms with Gasteiger partial charge in [-0.25, -0.2) is 4.79 Å². The molecule has 0 radical (unpaired) electrons. The van der Waals surface area contributed by atoms with Gasteiger partial charge in [-0.05, 0) is 31.7 Å². The van der Waals surface area contributed by atoms with Crippen LogP contribution >= 0.6 is 11.6 Å². The van der Waals surface area contributed by atoms with Crippen LogP contribution in [0.3, 0.4) is 0 Å². The molecule has 2 rings (SSSR count). The molecule has 1 saturated carbocycles. The molecule has 0 amide bonds. The Balaban J connectivity index is 2.73. The van der Waals surface area contributed by atoms with E-state index >= 15 is 0 Å². The van der Waals surface area contributed by atoms with Gasteiger partial charge in [0.25, 0.3) is 0 Å². The molecule has 0 spiro atoms. The number of hydrogen-bond donors (Lipinski definition) is 0. The molecule has 19 heavy (non-hydrogen) atoms. The van der Waals surface area contributed by atoms with E-state index < -0.39 is 5.54 Å². The van der Waals surface area contributed by atoms with Gasteiger partial charge >= 0.3 is 0 Å². The fourth-order valence-electron chi connectivity index (χ4n) is 2.63. The average Bonchev–Trinajstić information content (AvgIpc) is 2.37. The molecular weight excluding hydrogens is 266 g/mol. The Kier molecular flexibility index (Phi) is 3.83. The quantitative estimate of drug-likeness (QED) is 0.628. The minimum absolute atomic E-state index is 0.556. The molecule has 0 bridgehead atoms. The highest BCUT2D eigenvalue weighted by molar-refractivity contribution is 6.31. The van der Waals surface area contributed by atoms with Gasteiger partial charge in [-0.1, -0.05) is 11.6 Å². The fourth-order valence-corrected chi connectivity index (χ4v) is 2.83. The first-order valence-electron chi connectivity index (χ1n) is 6.10. The van der Waals surface area contributed by atoms with E-state index in [-0.39, 0.29) is 0 Å². The number of nitrogens with zero attached hydrogens (tertiary/aromatic N) is 1. The smallest absolute Gasteiger partial charge is 0.235 e. The third-order valence-corrected chi connectivity index (χ3v) is 4.16. The summed E-state index contributed by atoms with van der Waals surface area (Å²) in [5.74, 6) is 1.16. The minimum Gasteiger partial charge on any atom is -0.493 e. The van der Waals surface area contributed by atoms with Crippen molar-refractivity contribution in [3.63, 3.8) is 0 Å². The lowest BCUT2D eigenvalue weighted by molar-refractivity contribution is 0.241. The first-order valence-corrected chi connectivity index (χ1v) is 6.48. The molecule has 5 heteroatoms. The summed E-state index contributed by atoms with van der Waals surface area (Å²) >= 11 is 6.24. The number of rotatable bonds is 4. The van der Waals surface area contributed by atoms with Crippen LogP contribution in [0.4, 0.5) is 0 Å². The molecule has 4 nitrogen and oxygen atoms in total. The van der Waals surface area contributed by atoms with Crippen LogP contribution in [0, 0.1) is 6.92 Å². The monoisotopic (exact) mass is 281 g/mol. The van der Waals surface area contributed by atoms with Gasteiger partial charge in [0, 0.05) is 16.7 Å². The Morgan fingerprint density at radius 3 is 2.47 bits per heavy atom. The Labute approximate surface area is 117 Å². The van der Waals surface area contributed by atoms with Gasteiger partial charge in [0.2, 0.25) is 6.08 Å². The van der Waals surface area contributed by atoms with E-state index in [4.69, 9.17) is 21.1 Å². The van der Waals surface area contributed by atoms with Gasteiger partial charge in [-0.3, -0.25) is 0 Å². The highest BCUT2D eigenvalue weighted by atomic mass is 35.5. The number of isocyanates is 1. The molecule has 1 fully saturated rings. The van der Waals surface area contributed by atoms with Crippen LogP contribution in [0.1, 0.15) is 30.4 Å². The maximum absolute atomic E-state index is 10.7. The van der Waals surface area contributed by atoms with Gasteiger partial charge in [-0.2, -0.15) is 4.99 Å². The number of benzene rings is 1. The predicted octanol–water partition coefficient (Wildman–Crippen LogP) is 3.38. The molecule has 1 aliphatic carbocycles. The van der Waals surface area contributed by atoms with Crippen LogP contribution in [0.5, 0.6) is 11.5 Å². The molecule has 0 atom stereocenters. The number of aliphatic imine (C=N–C) groups is 1. The number of carbonyl (C=O) groups excluding carboxylic acids is 1. The van der Waals surface area contributed by atoms with Crippen LogP contribution < -0.4 is 9.47 Å². The van der Waals surface area contributed by atoms with Crippen molar-refractivity contribution in [2.75, 3.05) is 14.2 Å². The zero-order chi connectivity index (χ0) is 14.0. The molecule has 1 aromatic carbocycles. The molecule has 102 valence electrons. The van der Waals surface area contributed by atoms with Crippen LogP contribution in [0.25, 0.3) is 0 Å². The first-order chi connectivity index (χ1) is 9.09. The largest absolute Gasteiger partial charge is 0.493 e. The maximum atomic E-state index is 10.7. The summed E-state index contributed by atoms with van der Waals surface area (Å²) in [5.41, 5.74) is 1.15. The van der Waals surface area contributed by atoms with Crippen LogP contribution in [0.15, 0.2) is 11.1 Å². The molecule has 0 aromatic heterocycles. The van der Waals surface area contributed by atoms with Gasteiger partial charge < -0.3 is 9.47 Å². The van der Waals surface area contributed by atoms with E-state index in [1.807, 2.05) is 6.92 Å². The van der Waals surface area contributed by atoms with Crippen molar-refractivity contribution in [2.24, 2.45) is 4.99 Å². The fraction of sp³-hybridized carbons (Fsp3) is 0.500. The van der Waals surface area contributed by atoms with E-state index in [0.29, 0.717) is 16.5 Å². The summed E-state index contributed by atoms with van der Waals surface area (Å²) in [6.45, 7) is 1.90. The SMILES string of the molecule is COc1cc(Cl)c(C)c(C2(N=C=O)CCC2)c1OC. The van der Waals surface area contributed by atoms with Crippen LogP contribution in [-0.4, -0.2) is 20.3 Å². The van der Waals surface area contributed by atoms with E-state index in [0.717, 1.165) is 30.4 Å². The zero-order valence-corrected chi connectivity index (χ0v) is 12.0. The summed E-state index contributed by atoms with van der Waals surface area (Å²) in [4.78, 5) is 14.8. The molecule has 1 aromatic rings. The van der Waals surface area contributed by atoms with E-state index in [1.54, 1.807) is 26.4 Å². The van der Waals surface area contributed by atoms with Crippen molar-refractivity contribution in [1.29, 1.82) is 0 Å². The summed E-state index contributed by atoms with van der Waals surface area (Å²) < 4.78 is 10.8. The summed E-state index contributed by atoms with van der Waals surface area (Å²) in [7, 11) is 3.13. The van der Waals surface area contributed by atoms with Gasteiger partial charge in [0.15, 0.2) is 11.5 Å². The Bertz CT molecular complexity index is 546. The Hall–Kier alpha value is -1.51. The van der Waals surface area contributed by atoms with Crippen molar-refractivity contribution in [3.8, 4) is 11.5 Å². The summed E-state index contributed by atoms with van der Waals surface area (Å²) in [5, 5.41) is 0.583. The second-order valence-corrected chi connectivity index (χ2v) is 5.09. The normalized spacial score (nSPS) is 16.2. The number of halogens is 1. The molecule has 0 unspecified atom stereocenters. The van der Waals surface area contributed by atoms with Crippen molar-refractivity contribution in [3.05, 3.63) is 22.2 Å². The third kappa shape index (κ3) is 2.11. The van der Waals surface area contributed by atoms with Gasteiger partial charge in [-0.15, -0.1) is 0 Å². The number of ether oxygens (including phenoxy) is 2. The maximum Gasteiger partial charge on any atom is 0.235 e. The second-order valence-electron chi connectivity index (χ2n) is 4.68. The van der Waals surface area contributed by atoms with Crippen molar-refractivity contribution in [1.82, 2.24) is 0 Å². The highest BCUT2D eigenvalue weighted by Gasteiger charge is 2.43. The van der Waals surface area contributed by atoms with E-state index in [1.165, 1.54) is 0 Å². The molecule has 1 aliphatic rings. The lowest BCUT2D eigenvalue weighted by Gasteiger charge is -2.39. The average molecular weight is 282 g/mol.